The number of thioether (sulfide) groups is 1. The molecule has 0 radical (unpaired) electrons. The van der Waals surface area contributed by atoms with Gasteiger partial charge in [0.05, 0.1) is 5.75 Å². The topological polar surface area (TPSA) is 63.4 Å². The summed E-state index contributed by atoms with van der Waals surface area (Å²) in [5.74, 6) is 0.713. The van der Waals surface area contributed by atoms with Crippen molar-refractivity contribution in [1.82, 2.24) is 4.31 Å². The van der Waals surface area contributed by atoms with Crippen molar-refractivity contribution in [1.29, 1.82) is 0 Å². The number of benzene rings is 1. The SMILES string of the molecule is CC1=CCN(S(=O)(=O)CCSc2cccc(N)c2)CC1. The number of nitrogens with two attached hydrogens (primary N) is 1. The summed E-state index contributed by atoms with van der Waals surface area (Å²) in [6.07, 6.45) is 2.83. The number of nitrogens with zero attached hydrogens (tertiary/aromatic N) is 1. The molecule has 1 heterocycles. The number of anilines is 1. The van der Waals surface area contributed by atoms with E-state index in [1.807, 2.05) is 37.3 Å². The molecule has 20 heavy (non-hydrogen) atoms. The quantitative estimate of drug-likeness (QED) is 0.515. The van der Waals surface area contributed by atoms with Crippen molar-refractivity contribution in [2.45, 2.75) is 18.2 Å². The Labute approximate surface area is 125 Å². The van der Waals surface area contributed by atoms with Gasteiger partial charge in [-0.05, 0) is 31.5 Å². The van der Waals surface area contributed by atoms with Crippen LogP contribution in [0.1, 0.15) is 13.3 Å². The number of nitrogen functional groups attached to an aromatic ring is 1. The van der Waals surface area contributed by atoms with E-state index in [2.05, 4.69) is 0 Å². The fourth-order valence-electron chi connectivity index (χ4n) is 2.00. The lowest BCUT2D eigenvalue weighted by atomic mass is 10.1. The molecule has 6 heteroatoms. The van der Waals surface area contributed by atoms with E-state index in [1.165, 1.54) is 17.3 Å². The van der Waals surface area contributed by atoms with Crippen LogP contribution in [0.4, 0.5) is 5.69 Å². The monoisotopic (exact) mass is 312 g/mol. The Morgan fingerprint density at radius 3 is 2.85 bits per heavy atom. The molecule has 0 saturated carbocycles. The van der Waals surface area contributed by atoms with Crippen LogP contribution in [0.25, 0.3) is 0 Å². The van der Waals surface area contributed by atoms with Crippen LogP contribution in [0.15, 0.2) is 40.8 Å². The van der Waals surface area contributed by atoms with Gasteiger partial charge in [0.1, 0.15) is 0 Å². The second-order valence-corrected chi connectivity index (χ2v) is 8.15. The lowest BCUT2D eigenvalue weighted by Crippen LogP contribution is -2.36. The van der Waals surface area contributed by atoms with Crippen LogP contribution in [-0.4, -0.2) is 37.3 Å². The molecular formula is C14H20N2O2S2. The van der Waals surface area contributed by atoms with E-state index < -0.39 is 10.0 Å². The van der Waals surface area contributed by atoms with Gasteiger partial charge in [0.15, 0.2) is 0 Å². The summed E-state index contributed by atoms with van der Waals surface area (Å²) in [6, 6.07) is 7.51. The van der Waals surface area contributed by atoms with Gasteiger partial charge in [-0.3, -0.25) is 0 Å². The minimum Gasteiger partial charge on any atom is -0.399 e. The predicted molar refractivity (Wildman–Crippen MR) is 85.3 cm³/mol. The number of hydrogen-bond acceptors (Lipinski definition) is 4. The third-order valence-corrected chi connectivity index (χ3v) is 6.35. The fourth-order valence-corrected chi connectivity index (χ4v) is 4.74. The molecule has 0 aromatic heterocycles. The molecule has 2 rings (SSSR count). The van der Waals surface area contributed by atoms with Gasteiger partial charge >= 0.3 is 0 Å². The molecule has 4 nitrogen and oxygen atoms in total. The van der Waals surface area contributed by atoms with Gasteiger partial charge in [-0.15, -0.1) is 11.8 Å². The van der Waals surface area contributed by atoms with Gasteiger partial charge in [0.2, 0.25) is 10.0 Å². The molecule has 1 aliphatic heterocycles. The van der Waals surface area contributed by atoms with Crippen molar-refractivity contribution >= 4 is 27.5 Å². The third kappa shape index (κ3) is 4.26. The zero-order chi connectivity index (χ0) is 14.6. The highest BCUT2D eigenvalue weighted by Crippen LogP contribution is 2.21. The highest BCUT2D eigenvalue weighted by atomic mass is 32.2. The van der Waals surface area contributed by atoms with Gasteiger partial charge < -0.3 is 5.73 Å². The Morgan fingerprint density at radius 1 is 1.40 bits per heavy atom. The first-order valence-electron chi connectivity index (χ1n) is 6.59. The maximum atomic E-state index is 12.2. The second-order valence-electron chi connectivity index (χ2n) is 4.90. The van der Waals surface area contributed by atoms with Gasteiger partial charge in [0.25, 0.3) is 0 Å². The largest absolute Gasteiger partial charge is 0.399 e. The van der Waals surface area contributed by atoms with E-state index in [0.717, 1.165) is 11.3 Å². The van der Waals surface area contributed by atoms with Crippen molar-refractivity contribution in [3.05, 3.63) is 35.9 Å². The van der Waals surface area contributed by atoms with Crippen LogP contribution in [0.3, 0.4) is 0 Å². The minimum atomic E-state index is -3.15. The van der Waals surface area contributed by atoms with Crippen molar-refractivity contribution in [2.75, 3.05) is 30.3 Å². The van der Waals surface area contributed by atoms with Crippen LogP contribution in [0, 0.1) is 0 Å². The molecule has 1 aromatic rings. The Hall–Kier alpha value is -0.980. The molecule has 0 amide bonds. The van der Waals surface area contributed by atoms with Crippen molar-refractivity contribution < 1.29 is 8.42 Å². The van der Waals surface area contributed by atoms with E-state index in [9.17, 15) is 8.42 Å². The predicted octanol–water partition coefficient (Wildman–Crippen LogP) is 2.34. The van der Waals surface area contributed by atoms with Gasteiger partial charge in [-0.2, -0.15) is 4.31 Å². The first-order chi connectivity index (χ1) is 9.47. The van der Waals surface area contributed by atoms with Crippen molar-refractivity contribution in [3.8, 4) is 0 Å². The number of hydrogen-bond donors (Lipinski definition) is 1. The lowest BCUT2D eigenvalue weighted by molar-refractivity contribution is 0.432. The Bertz CT molecular complexity index is 597. The van der Waals surface area contributed by atoms with Gasteiger partial charge in [-0.25, -0.2) is 8.42 Å². The van der Waals surface area contributed by atoms with Crippen LogP contribution in [-0.2, 0) is 10.0 Å². The lowest BCUT2D eigenvalue weighted by Gasteiger charge is -2.24. The summed E-state index contributed by atoms with van der Waals surface area (Å²) in [7, 11) is -3.15. The first kappa shape index (κ1) is 15.4. The van der Waals surface area contributed by atoms with Gasteiger partial charge in [0, 0.05) is 29.4 Å². The summed E-state index contributed by atoms with van der Waals surface area (Å²) in [5, 5.41) is 0. The van der Waals surface area contributed by atoms with E-state index in [-0.39, 0.29) is 5.75 Å². The molecule has 0 bridgehead atoms. The molecular weight excluding hydrogens is 292 g/mol. The summed E-state index contributed by atoms with van der Waals surface area (Å²) in [4.78, 5) is 1.01. The summed E-state index contributed by atoms with van der Waals surface area (Å²) >= 11 is 1.52. The van der Waals surface area contributed by atoms with Crippen LogP contribution >= 0.6 is 11.8 Å². The summed E-state index contributed by atoms with van der Waals surface area (Å²) < 4.78 is 26.0. The molecule has 0 unspecified atom stereocenters. The average molecular weight is 312 g/mol. The Morgan fingerprint density at radius 2 is 2.20 bits per heavy atom. The summed E-state index contributed by atoms with van der Waals surface area (Å²) in [5.41, 5.74) is 7.67. The molecule has 0 saturated heterocycles. The Kier molecular flexibility index (Phi) is 5.12. The second kappa shape index (κ2) is 6.65. The minimum absolute atomic E-state index is 0.166. The van der Waals surface area contributed by atoms with E-state index >= 15 is 0 Å². The number of sulfonamides is 1. The zero-order valence-electron chi connectivity index (χ0n) is 11.6. The normalized spacial score (nSPS) is 16.9. The highest BCUT2D eigenvalue weighted by Gasteiger charge is 2.22. The van der Waals surface area contributed by atoms with E-state index in [0.29, 0.717) is 24.5 Å². The molecule has 1 aliphatic rings. The van der Waals surface area contributed by atoms with E-state index in [1.54, 1.807) is 4.31 Å². The van der Waals surface area contributed by atoms with Crippen molar-refractivity contribution in [2.24, 2.45) is 0 Å². The molecule has 2 N–H and O–H groups in total. The van der Waals surface area contributed by atoms with E-state index in [4.69, 9.17) is 5.73 Å². The van der Waals surface area contributed by atoms with Crippen LogP contribution < -0.4 is 5.73 Å². The smallest absolute Gasteiger partial charge is 0.215 e. The van der Waals surface area contributed by atoms with Crippen molar-refractivity contribution in [3.63, 3.8) is 0 Å². The first-order valence-corrected chi connectivity index (χ1v) is 9.19. The molecule has 0 spiro atoms. The molecule has 0 fully saturated rings. The third-order valence-electron chi connectivity index (χ3n) is 3.26. The van der Waals surface area contributed by atoms with Gasteiger partial charge in [-0.1, -0.05) is 17.7 Å². The highest BCUT2D eigenvalue weighted by molar-refractivity contribution is 8.00. The molecule has 0 atom stereocenters. The standard InChI is InChI=1S/C14H20N2O2S2/c1-12-5-7-16(8-6-12)20(17,18)10-9-19-14-4-2-3-13(15)11-14/h2-5,11H,6-10,15H2,1H3. The molecule has 0 aliphatic carbocycles. The summed E-state index contributed by atoms with van der Waals surface area (Å²) in [6.45, 7) is 3.16. The average Bonchev–Trinajstić information content (AvgIpc) is 2.39. The Balaban J connectivity index is 1.87. The zero-order valence-corrected chi connectivity index (χ0v) is 13.2. The molecule has 1 aromatic carbocycles. The maximum absolute atomic E-state index is 12.2. The number of rotatable bonds is 5. The van der Waals surface area contributed by atoms with Crippen LogP contribution in [0.5, 0.6) is 0 Å². The fraction of sp³-hybridized carbons (Fsp3) is 0.429. The maximum Gasteiger partial charge on any atom is 0.215 e. The van der Waals surface area contributed by atoms with Crippen LogP contribution in [0.2, 0.25) is 0 Å². The molecule has 110 valence electrons.